The van der Waals surface area contributed by atoms with E-state index < -0.39 is 24.1 Å². The van der Waals surface area contributed by atoms with Gasteiger partial charge in [0.25, 0.3) is 12.9 Å². The zero-order chi connectivity index (χ0) is 9.14. The van der Waals surface area contributed by atoms with E-state index in [9.17, 15) is 17.6 Å². The minimum atomic E-state index is -2.95. The Morgan fingerprint density at radius 3 is 2.17 bits per heavy atom. The molecule has 1 aromatic rings. The molecule has 0 aliphatic rings. The lowest BCUT2D eigenvalue weighted by Gasteiger charge is -2.04. The van der Waals surface area contributed by atoms with Crippen LogP contribution < -0.4 is 0 Å². The molecule has 0 atom stereocenters. The zero-order valence-corrected chi connectivity index (χ0v) is 5.85. The fourth-order valence-corrected chi connectivity index (χ4v) is 0.797. The summed E-state index contributed by atoms with van der Waals surface area (Å²) in [6, 6.07) is 2.15. The lowest BCUT2D eigenvalue weighted by molar-refractivity contribution is 0.120. The Labute approximate surface area is 66.0 Å². The molecule has 0 amide bonds. The van der Waals surface area contributed by atoms with Crippen molar-refractivity contribution in [3.8, 4) is 0 Å². The highest BCUT2D eigenvalue weighted by Crippen LogP contribution is 2.27. The summed E-state index contributed by atoms with van der Waals surface area (Å²) in [7, 11) is 0. The Balaban J connectivity index is 3.09. The molecule has 0 saturated heterocycles. The van der Waals surface area contributed by atoms with Crippen molar-refractivity contribution in [1.29, 1.82) is 0 Å². The Morgan fingerprint density at radius 1 is 1.08 bits per heavy atom. The molecule has 0 radical (unpaired) electrons. The highest BCUT2D eigenvalue weighted by molar-refractivity contribution is 5.21. The predicted octanol–water partition coefficient (Wildman–Crippen LogP) is 2.96. The SMILES string of the molecule is FC(F)c1cccnc1C(F)F. The molecule has 0 N–H and O–H groups in total. The van der Waals surface area contributed by atoms with Crippen molar-refractivity contribution in [2.24, 2.45) is 0 Å². The zero-order valence-electron chi connectivity index (χ0n) is 5.85. The van der Waals surface area contributed by atoms with E-state index in [2.05, 4.69) is 4.98 Å². The second-order valence-corrected chi connectivity index (χ2v) is 2.08. The maximum absolute atomic E-state index is 12.0. The topological polar surface area (TPSA) is 12.9 Å². The van der Waals surface area contributed by atoms with Crippen LogP contribution >= 0.6 is 0 Å². The van der Waals surface area contributed by atoms with Gasteiger partial charge in [0.1, 0.15) is 5.69 Å². The normalized spacial score (nSPS) is 11.2. The molecule has 12 heavy (non-hydrogen) atoms. The number of hydrogen-bond acceptors (Lipinski definition) is 1. The molecule has 0 saturated carbocycles. The Hall–Kier alpha value is -1.13. The van der Waals surface area contributed by atoms with Gasteiger partial charge < -0.3 is 0 Å². The van der Waals surface area contributed by atoms with Gasteiger partial charge in [0.05, 0.1) is 0 Å². The number of hydrogen-bond donors (Lipinski definition) is 0. The minimum Gasteiger partial charge on any atom is -0.255 e. The molecule has 0 bridgehead atoms. The maximum Gasteiger partial charge on any atom is 0.280 e. The molecule has 0 fully saturated rings. The second kappa shape index (κ2) is 3.51. The van der Waals surface area contributed by atoms with E-state index in [1.165, 1.54) is 6.07 Å². The first-order valence-corrected chi connectivity index (χ1v) is 3.14. The summed E-state index contributed by atoms with van der Waals surface area (Å²) < 4.78 is 48.0. The number of nitrogens with zero attached hydrogens (tertiary/aromatic N) is 1. The fraction of sp³-hybridized carbons (Fsp3) is 0.286. The summed E-state index contributed by atoms with van der Waals surface area (Å²) in [5.41, 5.74) is -1.54. The summed E-state index contributed by atoms with van der Waals surface area (Å²) in [4.78, 5) is 3.17. The monoisotopic (exact) mass is 179 g/mol. The van der Waals surface area contributed by atoms with Crippen molar-refractivity contribution in [3.05, 3.63) is 29.6 Å². The van der Waals surface area contributed by atoms with Gasteiger partial charge >= 0.3 is 0 Å². The highest BCUT2D eigenvalue weighted by atomic mass is 19.3. The number of halogens is 4. The molecule has 66 valence electrons. The largest absolute Gasteiger partial charge is 0.280 e. The molecule has 5 heteroatoms. The predicted molar refractivity (Wildman–Crippen MR) is 34.2 cm³/mol. The molecule has 0 spiro atoms. The third-order valence-corrected chi connectivity index (χ3v) is 1.31. The molecule has 1 nitrogen and oxygen atoms in total. The summed E-state index contributed by atoms with van der Waals surface area (Å²) >= 11 is 0. The lowest BCUT2D eigenvalue weighted by atomic mass is 10.2. The third-order valence-electron chi connectivity index (χ3n) is 1.31. The Bertz CT molecular complexity index is 234. The average Bonchev–Trinajstić information content (AvgIpc) is 2.04. The number of alkyl halides is 4. The standard InChI is InChI=1S/C7H5F4N/c8-6(9)4-2-1-3-12-5(4)7(10)11/h1-3,6-7H. The van der Waals surface area contributed by atoms with E-state index in [0.29, 0.717) is 0 Å². The van der Waals surface area contributed by atoms with Gasteiger partial charge in [-0.2, -0.15) is 0 Å². The van der Waals surface area contributed by atoms with E-state index in [0.717, 1.165) is 12.3 Å². The van der Waals surface area contributed by atoms with Gasteiger partial charge in [-0.25, -0.2) is 17.6 Å². The second-order valence-electron chi connectivity index (χ2n) is 2.08. The number of pyridine rings is 1. The van der Waals surface area contributed by atoms with Crippen LogP contribution in [-0.4, -0.2) is 4.98 Å². The van der Waals surface area contributed by atoms with Gasteiger partial charge in [0.15, 0.2) is 0 Å². The minimum absolute atomic E-state index is 0.701. The molecular weight excluding hydrogens is 174 g/mol. The van der Waals surface area contributed by atoms with Gasteiger partial charge in [-0.15, -0.1) is 0 Å². The smallest absolute Gasteiger partial charge is 0.255 e. The molecule has 0 aliphatic heterocycles. The lowest BCUT2D eigenvalue weighted by Crippen LogP contribution is -1.97. The van der Waals surface area contributed by atoms with E-state index >= 15 is 0 Å². The van der Waals surface area contributed by atoms with Gasteiger partial charge in [-0.3, -0.25) is 4.98 Å². The van der Waals surface area contributed by atoms with Crippen LogP contribution in [0.3, 0.4) is 0 Å². The summed E-state index contributed by atoms with van der Waals surface area (Å²) in [5, 5.41) is 0. The van der Waals surface area contributed by atoms with E-state index in [1.54, 1.807) is 0 Å². The van der Waals surface area contributed by atoms with Gasteiger partial charge in [0, 0.05) is 11.8 Å². The first-order valence-electron chi connectivity index (χ1n) is 3.14. The van der Waals surface area contributed by atoms with Crippen molar-refractivity contribution in [1.82, 2.24) is 4.98 Å². The van der Waals surface area contributed by atoms with Crippen LogP contribution in [0.2, 0.25) is 0 Å². The summed E-state index contributed by atoms with van der Waals surface area (Å²) in [6.07, 6.45) is -4.79. The summed E-state index contributed by atoms with van der Waals surface area (Å²) in [6.45, 7) is 0. The molecule has 1 rings (SSSR count). The van der Waals surface area contributed by atoms with Crippen LogP contribution in [0.1, 0.15) is 24.1 Å². The molecule has 0 aliphatic carbocycles. The molecule has 0 unspecified atom stereocenters. The van der Waals surface area contributed by atoms with Gasteiger partial charge in [0.2, 0.25) is 0 Å². The van der Waals surface area contributed by atoms with Crippen molar-refractivity contribution >= 4 is 0 Å². The van der Waals surface area contributed by atoms with E-state index in [1.807, 2.05) is 0 Å². The molecule has 0 aromatic carbocycles. The first-order chi connectivity index (χ1) is 5.63. The van der Waals surface area contributed by atoms with Crippen molar-refractivity contribution in [2.45, 2.75) is 12.9 Å². The van der Waals surface area contributed by atoms with Crippen LogP contribution in [0.15, 0.2) is 18.3 Å². The van der Waals surface area contributed by atoms with E-state index in [-0.39, 0.29) is 0 Å². The van der Waals surface area contributed by atoms with Crippen LogP contribution in [0, 0.1) is 0 Å². The third kappa shape index (κ3) is 1.72. The van der Waals surface area contributed by atoms with E-state index in [4.69, 9.17) is 0 Å². The average molecular weight is 179 g/mol. The van der Waals surface area contributed by atoms with Crippen LogP contribution in [0.25, 0.3) is 0 Å². The summed E-state index contributed by atoms with van der Waals surface area (Å²) in [5.74, 6) is 0. The van der Waals surface area contributed by atoms with Crippen LogP contribution in [0.4, 0.5) is 17.6 Å². The number of rotatable bonds is 2. The van der Waals surface area contributed by atoms with Crippen LogP contribution in [0.5, 0.6) is 0 Å². The Morgan fingerprint density at radius 2 is 1.75 bits per heavy atom. The molecule has 1 heterocycles. The van der Waals surface area contributed by atoms with Gasteiger partial charge in [-0.1, -0.05) is 0 Å². The van der Waals surface area contributed by atoms with Crippen molar-refractivity contribution in [3.63, 3.8) is 0 Å². The molecular formula is C7H5F4N. The maximum atomic E-state index is 12.0. The van der Waals surface area contributed by atoms with Crippen LogP contribution in [-0.2, 0) is 0 Å². The Kier molecular flexibility index (Phi) is 2.62. The number of aromatic nitrogens is 1. The highest BCUT2D eigenvalue weighted by Gasteiger charge is 2.19. The van der Waals surface area contributed by atoms with Crippen molar-refractivity contribution in [2.75, 3.05) is 0 Å². The molecule has 1 aromatic heterocycles. The van der Waals surface area contributed by atoms with Gasteiger partial charge in [-0.05, 0) is 12.1 Å². The fourth-order valence-electron chi connectivity index (χ4n) is 0.797. The quantitative estimate of drug-likeness (QED) is 0.636. The van der Waals surface area contributed by atoms with Crippen molar-refractivity contribution < 1.29 is 17.6 Å². The first kappa shape index (κ1) is 8.96.